The summed E-state index contributed by atoms with van der Waals surface area (Å²) in [5, 5.41) is 9.97. The molecule has 1 aromatic heterocycles. The van der Waals surface area contributed by atoms with Gasteiger partial charge in [-0.3, -0.25) is 10.1 Å². The number of rotatable bonds is 6. The van der Waals surface area contributed by atoms with Crippen LogP contribution >= 0.6 is 0 Å². The Morgan fingerprint density at radius 3 is 2.53 bits per heavy atom. The van der Waals surface area contributed by atoms with Crippen LogP contribution in [0.1, 0.15) is 28.9 Å². The number of nitrogens with one attached hydrogen (secondary N) is 1. The predicted molar refractivity (Wildman–Crippen MR) is 124 cm³/mol. The topological polar surface area (TPSA) is 124 Å². The molecule has 13 heteroatoms. The summed E-state index contributed by atoms with van der Waals surface area (Å²) in [4.78, 5) is 30.8. The number of alkyl halides is 3. The van der Waals surface area contributed by atoms with E-state index in [0.717, 1.165) is 35.6 Å². The fourth-order valence-electron chi connectivity index (χ4n) is 3.65. The molecule has 2 heterocycles. The third-order valence-corrected chi connectivity index (χ3v) is 5.26. The number of anilines is 2. The molecule has 1 aliphatic rings. The van der Waals surface area contributed by atoms with E-state index in [9.17, 15) is 22.8 Å². The number of amides is 2. The van der Waals surface area contributed by atoms with Gasteiger partial charge in [0.2, 0.25) is 11.8 Å². The number of hydrogen-bond acceptors (Lipinski definition) is 6. The summed E-state index contributed by atoms with van der Waals surface area (Å²) in [7, 11) is 1.47. The summed E-state index contributed by atoms with van der Waals surface area (Å²) in [6, 6.07) is 12.8. The largest absolute Gasteiger partial charge is 0.435 e. The van der Waals surface area contributed by atoms with Crippen molar-refractivity contribution >= 4 is 29.2 Å². The number of nitrogens with two attached hydrogens (primary N) is 1. The molecule has 3 aromatic rings. The lowest BCUT2D eigenvalue weighted by Crippen LogP contribution is -2.24. The second-order valence-corrected chi connectivity index (χ2v) is 7.70. The van der Waals surface area contributed by atoms with E-state index in [4.69, 9.17) is 15.3 Å². The zero-order valence-electron chi connectivity index (χ0n) is 19.0. The van der Waals surface area contributed by atoms with Crippen LogP contribution in [0.5, 0.6) is 5.88 Å². The molecule has 1 aliphatic heterocycles. The van der Waals surface area contributed by atoms with Crippen molar-refractivity contribution in [3.63, 3.8) is 0 Å². The lowest BCUT2D eigenvalue weighted by molar-refractivity contribution is -0.141. The SMILES string of the molecule is CON=C1CCCN1c1ccc(NC(=O)Oc2cc(C(F)(F)F)nn2-c2cccc(C(N)=O)c2)cc1. The lowest BCUT2D eigenvalue weighted by Gasteiger charge is -2.18. The van der Waals surface area contributed by atoms with E-state index in [1.807, 2.05) is 4.90 Å². The summed E-state index contributed by atoms with van der Waals surface area (Å²) in [5.74, 6) is -0.499. The molecule has 0 saturated carbocycles. The third kappa shape index (κ3) is 5.40. The van der Waals surface area contributed by atoms with Crippen molar-refractivity contribution < 1.29 is 32.3 Å². The molecular weight excluding hydrogens is 481 g/mol. The minimum atomic E-state index is -4.79. The maximum atomic E-state index is 13.3. The highest BCUT2D eigenvalue weighted by Gasteiger charge is 2.36. The molecule has 0 unspecified atom stereocenters. The van der Waals surface area contributed by atoms with Crippen molar-refractivity contribution in [2.75, 3.05) is 23.9 Å². The predicted octanol–water partition coefficient (Wildman–Crippen LogP) is 4.16. The molecule has 0 bridgehead atoms. The van der Waals surface area contributed by atoms with Crippen molar-refractivity contribution in [2.45, 2.75) is 19.0 Å². The molecular formula is C23H21F3N6O4. The average Bonchev–Trinajstić information content (AvgIpc) is 3.47. The second kappa shape index (κ2) is 9.98. The Labute approximate surface area is 203 Å². The van der Waals surface area contributed by atoms with Crippen molar-refractivity contribution in [2.24, 2.45) is 10.9 Å². The quantitative estimate of drug-likeness (QED) is 0.488. The summed E-state index contributed by atoms with van der Waals surface area (Å²) < 4.78 is 45.8. The minimum absolute atomic E-state index is 0.0451. The number of primary amides is 1. The first kappa shape index (κ1) is 24.6. The van der Waals surface area contributed by atoms with Gasteiger partial charge in [-0.15, -0.1) is 0 Å². The number of carbonyl (C=O) groups is 2. The molecule has 4 rings (SSSR count). The smallest absolute Gasteiger partial charge is 0.398 e. The lowest BCUT2D eigenvalue weighted by atomic mass is 10.2. The number of nitrogens with zero attached hydrogens (tertiary/aromatic N) is 4. The molecule has 0 atom stereocenters. The molecule has 36 heavy (non-hydrogen) atoms. The monoisotopic (exact) mass is 502 g/mol. The summed E-state index contributed by atoms with van der Waals surface area (Å²) in [5.41, 5.74) is 5.26. The minimum Gasteiger partial charge on any atom is -0.398 e. The number of carbonyl (C=O) groups excluding carboxylic acids is 2. The first-order chi connectivity index (χ1) is 17.2. The van der Waals surface area contributed by atoms with Gasteiger partial charge in [0.15, 0.2) is 5.69 Å². The van der Waals surface area contributed by atoms with Gasteiger partial charge in [0.1, 0.15) is 12.9 Å². The van der Waals surface area contributed by atoms with Gasteiger partial charge in [0, 0.05) is 36.0 Å². The van der Waals surface area contributed by atoms with E-state index in [1.54, 1.807) is 24.3 Å². The molecule has 10 nitrogen and oxygen atoms in total. The summed E-state index contributed by atoms with van der Waals surface area (Å²) >= 11 is 0. The molecule has 2 amide bonds. The number of ether oxygens (including phenoxy) is 1. The van der Waals surface area contributed by atoms with E-state index < -0.39 is 29.8 Å². The van der Waals surface area contributed by atoms with Gasteiger partial charge in [-0.2, -0.15) is 23.0 Å². The summed E-state index contributed by atoms with van der Waals surface area (Å²) in [6.45, 7) is 0.763. The van der Waals surface area contributed by atoms with Crippen molar-refractivity contribution in [3.05, 3.63) is 65.9 Å². The van der Waals surface area contributed by atoms with Gasteiger partial charge >= 0.3 is 12.3 Å². The van der Waals surface area contributed by atoms with Crippen molar-refractivity contribution in [1.29, 1.82) is 0 Å². The molecule has 1 fully saturated rings. The number of benzene rings is 2. The Kier molecular flexibility index (Phi) is 6.81. The van der Waals surface area contributed by atoms with Gasteiger partial charge < -0.3 is 20.2 Å². The van der Waals surface area contributed by atoms with Crippen LogP contribution in [-0.2, 0) is 11.0 Å². The Morgan fingerprint density at radius 2 is 1.86 bits per heavy atom. The first-order valence-electron chi connectivity index (χ1n) is 10.7. The highest BCUT2D eigenvalue weighted by Crippen LogP contribution is 2.32. The Morgan fingerprint density at radius 1 is 1.11 bits per heavy atom. The van der Waals surface area contributed by atoms with Crippen LogP contribution in [0.15, 0.2) is 59.8 Å². The van der Waals surface area contributed by atoms with Crippen molar-refractivity contribution in [3.8, 4) is 11.6 Å². The number of hydrogen-bond donors (Lipinski definition) is 2. The third-order valence-electron chi connectivity index (χ3n) is 5.26. The molecule has 0 radical (unpaired) electrons. The van der Waals surface area contributed by atoms with E-state index in [0.29, 0.717) is 11.8 Å². The fraction of sp³-hybridized carbons (Fsp3) is 0.217. The zero-order chi connectivity index (χ0) is 25.9. The molecule has 0 spiro atoms. The van der Waals surface area contributed by atoms with Gasteiger partial charge in [0.25, 0.3) is 0 Å². The normalized spacial score (nSPS) is 14.7. The Balaban J connectivity index is 1.53. The number of halogens is 3. The standard InChI is InChI=1S/C23H21F3N6O4/c1-35-30-19-6-3-11-31(19)16-9-7-15(8-10-16)28-22(34)36-20-13-18(23(24,25)26)29-32(20)17-5-2-4-14(12-17)21(27)33/h2,4-5,7-10,12-13H,3,6,11H2,1H3,(H2,27,33)(H,28,34). The highest BCUT2D eigenvalue weighted by atomic mass is 19.4. The van der Waals surface area contributed by atoms with Gasteiger partial charge in [-0.05, 0) is 48.9 Å². The van der Waals surface area contributed by atoms with Crippen LogP contribution in [0.2, 0.25) is 0 Å². The maximum absolute atomic E-state index is 13.3. The van der Waals surface area contributed by atoms with Crippen LogP contribution < -0.4 is 20.7 Å². The van der Waals surface area contributed by atoms with Gasteiger partial charge in [0.05, 0.1) is 5.69 Å². The average molecular weight is 502 g/mol. The van der Waals surface area contributed by atoms with E-state index in [2.05, 4.69) is 15.6 Å². The van der Waals surface area contributed by atoms with E-state index in [1.165, 1.54) is 31.4 Å². The first-order valence-corrected chi connectivity index (χ1v) is 10.7. The summed E-state index contributed by atoms with van der Waals surface area (Å²) in [6.07, 6.45) is -4.13. The molecule has 3 N–H and O–H groups in total. The second-order valence-electron chi connectivity index (χ2n) is 7.70. The molecule has 1 saturated heterocycles. The van der Waals surface area contributed by atoms with Crippen LogP contribution in [0.4, 0.5) is 29.3 Å². The highest BCUT2D eigenvalue weighted by molar-refractivity contribution is 5.99. The van der Waals surface area contributed by atoms with E-state index >= 15 is 0 Å². The molecule has 0 aliphatic carbocycles. The molecule has 188 valence electrons. The fourth-order valence-corrected chi connectivity index (χ4v) is 3.65. The van der Waals surface area contributed by atoms with Crippen LogP contribution in [0.3, 0.4) is 0 Å². The zero-order valence-corrected chi connectivity index (χ0v) is 19.0. The number of amidine groups is 1. The van der Waals surface area contributed by atoms with E-state index in [-0.39, 0.29) is 11.3 Å². The van der Waals surface area contributed by atoms with Crippen molar-refractivity contribution in [1.82, 2.24) is 9.78 Å². The Hall–Kier alpha value is -4.55. The number of oxime groups is 1. The number of aromatic nitrogens is 2. The van der Waals surface area contributed by atoms with Gasteiger partial charge in [-0.25, -0.2) is 4.79 Å². The van der Waals surface area contributed by atoms with Crippen LogP contribution in [0, 0.1) is 0 Å². The van der Waals surface area contributed by atoms with Crippen LogP contribution in [0.25, 0.3) is 5.69 Å². The molecule has 2 aromatic carbocycles. The van der Waals surface area contributed by atoms with Crippen LogP contribution in [-0.4, -0.2) is 41.3 Å². The van der Waals surface area contributed by atoms with Gasteiger partial charge in [-0.1, -0.05) is 11.2 Å². The Bertz CT molecular complexity index is 1300. The maximum Gasteiger partial charge on any atom is 0.435 e.